The maximum Gasteiger partial charge on any atom is 0.337 e. The van der Waals surface area contributed by atoms with Crippen LogP contribution in [0.1, 0.15) is 24.2 Å². The number of carbonyl (C=O) groups is 1. The SMILES string of the molecule is CC(C)NC(=S)Nc1ccccc1C(=O)O. The Morgan fingerprint density at radius 1 is 1.38 bits per heavy atom. The van der Waals surface area contributed by atoms with Gasteiger partial charge in [0.2, 0.25) is 0 Å². The first-order valence-electron chi connectivity index (χ1n) is 4.90. The Bertz CT molecular complexity index is 405. The van der Waals surface area contributed by atoms with Gasteiger partial charge < -0.3 is 15.7 Å². The summed E-state index contributed by atoms with van der Waals surface area (Å²) >= 11 is 5.04. The van der Waals surface area contributed by atoms with Gasteiger partial charge in [-0.2, -0.15) is 0 Å². The lowest BCUT2D eigenvalue weighted by Crippen LogP contribution is -2.34. The second-order valence-electron chi connectivity index (χ2n) is 3.60. The third-order valence-corrected chi connectivity index (χ3v) is 2.05. The van der Waals surface area contributed by atoms with Crippen molar-refractivity contribution in [3.63, 3.8) is 0 Å². The van der Waals surface area contributed by atoms with Crippen LogP contribution in [0.5, 0.6) is 0 Å². The van der Waals surface area contributed by atoms with Crippen LogP contribution in [0.15, 0.2) is 24.3 Å². The number of hydrogen-bond acceptors (Lipinski definition) is 2. The second kappa shape index (κ2) is 5.46. The van der Waals surface area contributed by atoms with Crippen LogP contribution in [-0.4, -0.2) is 22.2 Å². The summed E-state index contributed by atoms with van der Waals surface area (Å²) in [4.78, 5) is 10.9. The molecule has 0 aliphatic carbocycles. The van der Waals surface area contributed by atoms with Crippen molar-refractivity contribution in [3.8, 4) is 0 Å². The molecule has 1 aromatic carbocycles. The number of rotatable bonds is 3. The molecule has 16 heavy (non-hydrogen) atoms. The lowest BCUT2D eigenvalue weighted by atomic mass is 10.2. The van der Waals surface area contributed by atoms with E-state index in [1.165, 1.54) is 6.07 Å². The number of nitrogens with one attached hydrogen (secondary N) is 2. The van der Waals surface area contributed by atoms with Crippen molar-refractivity contribution in [2.75, 3.05) is 5.32 Å². The topological polar surface area (TPSA) is 61.4 Å². The molecule has 0 saturated heterocycles. The molecule has 1 aromatic rings. The van der Waals surface area contributed by atoms with E-state index < -0.39 is 5.97 Å². The molecule has 1 rings (SSSR count). The fraction of sp³-hybridized carbons (Fsp3) is 0.273. The maximum atomic E-state index is 10.9. The van der Waals surface area contributed by atoms with Gasteiger partial charge in [0.25, 0.3) is 0 Å². The molecule has 0 bridgehead atoms. The van der Waals surface area contributed by atoms with Crippen LogP contribution >= 0.6 is 12.2 Å². The second-order valence-corrected chi connectivity index (χ2v) is 4.01. The van der Waals surface area contributed by atoms with E-state index >= 15 is 0 Å². The Kier molecular flexibility index (Phi) is 4.25. The van der Waals surface area contributed by atoms with E-state index in [4.69, 9.17) is 17.3 Å². The zero-order valence-corrected chi connectivity index (χ0v) is 9.97. The average molecular weight is 238 g/mol. The van der Waals surface area contributed by atoms with Gasteiger partial charge in [0.05, 0.1) is 11.3 Å². The van der Waals surface area contributed by atoms with Gasteiger partial charge in [0.1, 0.15) is 0 Å². The average Bonchev–Trinajstić information content (AvgIpc) is 2.16. The summed E-state index contributed by atoms with van der Waals surface area (Å²) in [5.41, 5.74) is 0.698. The van der Waals surface area contributed by atoms with Crippen molar-refractivity contribution in [2.24, 2.45) is 0 Å². The number of anilines is 1. The van der Waals surface area contributed by atoms with Gasteiger partial charge in [0, 0.05) is 6.04 Å². The van der Waals surface area contributed by atoms with Crippen LogP contribution in [0.25, 0.3) is 0 Å². The highest BCUT2D eigenvalue weighted by Gasteiger charge is 2.09. The van der Waals surface area contributed by atoms with Crippen molar-refractivity contribution in [3.05, 3.63) is 29.8 Å². The van der Waals surface area contributed by atoms with Crippen molar-refractivity contribution in [1.29, 1.82) is 0 Å². The number of benzene rings is 1. The van der Waals surface area contributed by atoms with E-state index in [1.54, 1.807) is 18.2 Å². The zero-order chi connectivity index (χ0) is 12.1. The molecule has 5 heteroatoms. The Balaban J connectivity index is 2.81. The standard InChI is InChI=1S/C11H14N2O2S/c1-7(2)12-11(16)13-9-6-4-3-5-8(9)10(14)15/h3-7H,1-2H3,(H,14,15)(H2,12,13,16). The highest BCUT2D eigenvalue weighted by molar-refractivity contribution is 7.80. The maximum absolute atomic E-state index is 10.9. The van der Waals surface area contributed by atoms with E-state index in [0.717, 1.165) is 0 Å². The van der Waals surface area contributed by atoms with Crippen molar-refractivity contribution < 1.29 is 9.90 Å². The minimum absolute atomic E-state index is 0.204. The predicted octanol–water partition coefficient (Wildman–Crippen LogP) is 2.08. The lowest BCUT2D eigenvalue weighted by Gasteiger charge is -2.14. The number of carboxylic acid groups (broad SMARTS) is 1. The Hall–Kier alpha value is -1.62. The Morgan fingerprint density at radius 2 is 2.00 bits per heavy atom. The van der Waals surface area contributed by atoms with Gasteiger partial charge in [-0.15, -0.1) is 0 Å². The molecule has 0 aromatic heterocycles. The Labute approximate surface area is 99.7 Å². The van der Waals surface area contributed by atoms with Crippen LogP contribution < -0.4 is 10.6 Å². The first-order valence-corrected chi connectivity index (χ1v) is 5.31. The smallest absolute Gasteiger partial charge is 0.337 e. The van der Waals surface area contributed by atoms with Crippen LogP contribution in [0.4, 0.5) is 5.69 Å². The molecule has 0 heterocycles. The number of para-hydroxylation sites is 1. The molecule has 0 aliphatic heterocycles. The summed E-state index contributed by atoms with van der Waals surface area (Å²) in [7, 11) is 0. The van der Waals surface area contributed by atoms with Crippen molar-refractivity contribution in [1.82, 2.24) is 5.32 Å². The molecule has 0 fully saturated rings. The molecule has 3 N–H and O–H groups in total. The van der Waals surface area contributed by atoms with Crippen LogP contribution in [0.2, 0.25) is 0 Å². The molecule has 86 valence electrons. The summed E-state index contributed by atoms with van der Waals surface area (Å²) in [6, 6.07) is 6.85. The molecule has 4 nitrogen and oxygen atoms in total. The van der Waals surface area contributed by atoms with Crippen LogP contribution in [0.3, 0.4) is 0 Å². The van der Waals surface area contributed by atoms with Gasteiger partial charge in [-0.1, -0.05) is 12.1 Å². The van der Waals surface area contributed by atoms with Gasteiger partial charge >= 0.3 is 5.97 Å². The lowest BCUT2D eigenvalue weighted by molar-refractivity contribution is 0.0698. The molecule has 0 amide bonds. The fourth-order valence-electron chi connectivity index (χ4n) is 1.20. The van der Waals surface area contributed by atoms with E-state index in [1.807, 2.05) is 13.8 Å². The van der Waals surface area contributed by atoms with E-state index in [9.17, 15) is 4.79 Å². The molecule has 0 unspecified atom stereocenters. The zero-order valence-electron chi connectivity index (χ0n) is 9.15. The Morgan fingerprint density at radius 3 is 2.56 bits per heavy atom. The van der Waals surface area contributed by atoms with E-state index in [-0.39, 0.29) is 11.6 Å². The van der Waals surface area contributed by atoms with Crippen LogP contribution in [0, 0.1) is 0 Å². The van der Waals surface area contributed by atoms with E-state index in [0.29, 0.717) is 10.8 Å². The first-order chi connectivity index (χ1) is 7.50. The fourth-order valence-corrected chi connectivity index (χ4v) is 1.54. The summed E-state index contributed by atoms with van der Waals surface area (Å²) < 4.78 is 0. The molecule has 0 spiro atoms. The predicted molar refractivity (Wildman–Crippen MR) is 67.9 cm³/mol. The monoisotopic (exact) mass is 238 g/mol. The minimum Gasteiger partial charge on any atom is -0.478 e. The summed E-state index contributed by atoms with van der Waals surface area (Å²) in [6.07, 6.45) is 0. The third-order valence-electron chi connectivity index (χ3n) is 1.83. The number of thiocarbonyl (C=S) groups is 1. The van der Waals surface area contributed by atoms with Crippen molar-refractivity contribution >= 4 is 29.0 Å². The largest absolute Gasteiger partial charge is 0.478 e. The first kappa shape index (κ1) is 12.4. The molecule has 0 radical (unpaired) electrons. The van der Waals surface area contributed by atoms with Crippen LogP contribution in [-0.2, 0) is 0 Å². The van der Waals surface area contributed by atoms with E-state index in [2.05, 4.69) is 10.6 Å². The van der Waals surface area contributed by atoms with Gasteiger partial charge in [0.15, 0.2) is 5.11 Å². The molecular formula is C11H14N2O2S. The summed E-state index contributed by atoms with van der Waals surface area (Å²) in [6.45, 7) is 3.91. The third kappa shape index (κ3) is 3.51. The molecule has 0 saturated carbocycles. The van der Waals surface area contributed by atoms with Gasteiger partial charge in [-0.05, 0) is 38.2 Å². The number of aromatic carboxylic acids is 1. The minimum atomic E-state index is -0.976. The summed E-state index contributed by atoms with van der Waals surface area (Å²) in [5, 5.41) is 15.2. The number of hydrogen-bond donors (Lipinski definition) is 3. The molecule has 0 aliphatic rings. The quantitative estimate of drug-likeness (QED) is 0.704. The number of carboxylic acids is 1. The highest BCUT2D eigenvalue weighted by Crippen LogP contribution is 2.14. The van der Waals surface area contributed by atoms with Gasteiger partial charge in [-0.3, -0.25) is 0 Å². The molecule has 0 atom stereocenters. The normalized spacial score (nSPS) is 9.94. The molecular weight excluding hydrogens is 224 g/mol. The highest BCUT2D eigenvalue weighted by atomic mass is 32.1. The van der Waals surface area contributed by atoms with Crippen molar-refractivity contribution in [2.45, 2.75) is 19.9 Å². The summed E-state index contributed by atoms with van der Waals surface area (Å²) in [5.74, 6) is -0.976. The van der Waals surface area contributed by atoms with Gasteiger partial charge in [-0.25, -0.2) is 4.79 Å².